The lowest BCUT2D eigenvalue weighted by Crippen LogP contribution is -2.39. The van der Waals surface area contributed by atoms with E-state index in [0.29, 0.717) is 28.5 Å². The molecule has 140 valence electrons. The molecule has 1 heterocycles. The highest BCUT2D eigenvalue weighted by Crippen LogP contribution is 2.31. The third-order valence-corrected chi connectivity index (χ3v) is 4.12. The molecule has 0 amide bonds. The fourth-order valence-electron chi connectivity index (χ4n) is 2.59. The van der Waals surface area contributed by atoms with Crippen LogP contribution in [-0.2, 0) is 22.4 Å². The fraction of sp³-hybridized carbons (Fsp3) is 0.400. The summed E-state index contributed by atoms with van der Waals surface area (Å²) in [7, 11) is 0. The Hall–Kier alpha value is -2.11. The van der Waals surface area contributed by atoms with Crippen molar-refractivity contribution in [2.45, 2.75) is 45.6 Å². The molecule has 6 heteroatoms. The number of esters is 1. The van der Waals surface area contributed by atoms with Crippen molar-refractivity contribution in [1.82, 2.24) is 4.98 Å². The zero-order valence-corrected chi connectivity index (χ0v) is 16.0. The van der Waals surface area contributed by atoms with Crippen molar-refractivity contribution in [3.63, 3.8) is 0 Å². The molecule has 0 saturated carbocycles. The lowest BCUT2D eigenvalue weighted by Gasteiger charge is -2.23. The first-order chi connectivity index (χ1) is 12.4. The molecule has 2 aromatic rings. The van der Waals surface area contributed by atoms with E-state index in [-0.39, 0.29) is 13.0 Å². The summed E-state index contributed by atoms with van der Waals surface area (Å²) in [6, 6.07) is 8.72. The highest BCUT2D eigenvalue weighted by atomic mass is 35.5. The van der Waals surface area contributed by atoms with Gasteiger partial charge in [0.05, 0.1) is 6.61 Å². The van der Waals surface area contributed by atoms with Crippen LogP contribution < -0.4 is 4.74 Å². The minimum Gasteiger partial charge on any atom is -0.464 e. The Morgan fingerprint density at radius 2 is 1.92 bits per heavy atom. The monoisotopic (exact) mass is 377 g/mol. The van der Waals surface area contributed by atoms with Crippen molar-refractivity contribution >= 4 is 17.6 Å². The van der Waals surface area contributed by atoms with Gasteiger partial charge in [-0.2, -0.15) is 0 Å². The Morgan fingerprint density at radius 3 is 2.54 bits per heavy atom. The number of carbonyl (C=O) groups is 1. The van der Waals surface area contributed by atoms with Gasteiger partial charge in [0.15, 0.2) is 5.60 Å². The van der Waals surface area contributed by atoms with Crippen LogP contribution in [0.3, 0.4) is 0 Å². The van der Waals surface area contributed by atoms with Crippen LogP contribution >= 0.6 is 11.6 Å². The molecule has 0 aliphatic heterocycles. The van der Waals surface area contributed by atoms with Gasteiger partial charge in [0.25, 0.3) is 0 Å². The molecule has 5 nitrogen and oxygen atoms in total. The van der Waals surface area contributed by atoms with E-state index >= 15 is 0 Å². The largest absolute Gasteiger partial charge is 0.464 e. The summed E-state index contributed by atoms with van der Waals surface area (Å²) in [5.74, 6) is 0.499. The van der Waals surface area contributed by atoms with Crippen molar-refractivity contribution < 1.29 is 19.4 Å². The number of halogens is 1. The van der Waals surface area contributed by atoms with Gasteiger partial charge < -0.3 is 14.6 Å². The number of carbonyl (C=O) groups excluding carboxylic acids is 1. The molecule has 0 spiro atoms. The standard InChI is InChI=1S/C20H24ClNO4/c1-4-6-17-16(13-20(3,24)19(23)25-5-2)18(11-12-22-17)26-15-9-7-14(21)8-10-15/h7-12,24H,4-6,13H2,1-3H3/t20-/m1/s1. The summed E-state index contributed by atoms with van der Waals surface area (Å²) in [5.41, 5.74) is -0.175. The third kappa shape index (κ3) is 5.19. The number of aliphatic hydroxyl groups is 1. The van der Waals surface area contributed by atoms with Gasteiger partial charge in [0.1, 0.15) is 11.5 Å². The molecule has 1 aromatic carbocycles. The molecule has 1 aromatic heterocycles. The maximum absolute atomic E-state index is 12.1. The Bertz CT molecular complexity index is 744. The second-order valence-corrected chi connectivity index (χ2v) is 6.65. The summed E-state index contributed by atoms with van der Waals surface area (Å²) in [5, 5.41) is 11.2. The molecule has 0 aliphatic rings. The third-order valence-electron chi connectivity index (χ3n) is 3.87. The Kier molecular flexibility index (Phi) is 7.00. The molecule has 0 aliphatic carbocycles. The highest BCUT2D eigenvalue weighted by molar-refractivity contribution is 6.30. The molecule has 2 rings (SSSR count). The maximum atomic E-state index is 12.1. The number of hydrogen-bond donors (Lipinski definition) is 1. The van der Waals surface area contributed by atoms with E-state index in [2.05, 4.69) is 4.98 Å². The summed E-state index contributed by atoms with van der Waals surface area (Å²) in [6.07, 6.45) is 3.31. The van der Waals surface area contributed by atoms with Gasteiger partial charge in [-0.1, -0.05) is 24.9 Å². The van der Waals surface area contributed by atoms with Gasteiger partial charge in [-0.3, -0.25) is 4.98 Å². The molecule has 1 N–H and O–H groups in total. The summed E-state index contributed by atoms with van der Waals surface area (Å²) in [4.78, 5) is 16.5. The molecule has 0 unspecified atom stereocenters. The van der Waals surface area contributed by atoms with E-state index in [1.807, 2.05) is 6.92 Å². The van der Waals surface area contributed by atoms with Crippen LogP contribution in [0.25, 0.3) is 0 Å². The minimum atomic E-state index is -1.67. The van der Waals surface area contributed by atoms with Crippen LogP contribution in [0.5, 0.6) is 11.5 Å². The maximum Gasteiger partial charge on any atom is 0.338 e. The summed E-state index contributed by atoms with van der Waals surface area (Å²) in [6.45, 7) is 5.40. The molecule has 0 radical (unpaired) electrons. The van der Waals surface area contributed by atoms with E-state index in [9.17, 15) is 9.90 Å². The summed E-state index contributed by atoms with van der Waals surface area (Å²) >= 11 is 5.91. The quantitative estimate of drug-likeness (QED) is 0.693. The van der Waals surface area contributed by atoms with E-state index in [1.165, 1.54) is 6.92 Å². The Balaban J connectivity index is 2.37. The Morgan fingerprint density at radius 1 is 1.23 bits per heavy atom. The van der Waals surface area contributed by atoms with Gasteiger partial charge in [0, 0.05) is 28.9 Å². The topological polar surface area (TPSA) is 68.7 Å². The predicted molar refractivity (Wildman–Crippen MR) is 101 cm³/mol. The van der Waals surface area contributed by atoms with Crippen LogP contribution in [0.1, 0.15) is 38.4 Å². The first-order valence-corrected chi connectivity index (χ1v) is 9.05. The predicted octanol–water partition coefficient (Wildman–Crippen LogP) is 4.34. The van der Waals surface area contributed by atoms with Crippen molar-refractivity contribution in [3.05, 3.63) is 52.8 Å². The van der Waals surface area contributed by atoms with Gasteiger partial charge in [-0.05, 0) is 50.6 Å². The van der Waals surface area contributed by atoms with Gasteiger partial charge in [-0.25, -0.2) is 4.79 Å². The first kappa shape index (κ1) is 20.2. The van der Waals surface area contributed by atoms with E-state index < -0.39 is 11.6 Å². The van der Waals surface area contributed by atoms with Crippen molar-refractivity contribution in [2.75, 3.05) is 6.61 Å². The molecular weight excluding hydrogens is 354 g/mol. The SMILES string of the molecule is CCCc1nccc(Oc2ccc(Cl)cc2)c1C[C@@](C)(O)C(=O)OCC. The number of aryl methyl sites for hydroxylation is 1. The number of aromatic nitrogens is 1. The van der Waals surface area contributed by atoms with Crippen LogP contribution in [0, 0.1) is 0 Å². The number of benzene rings is 1. The molecule has 0 bridgehead atoms. The average Bonchev–Trinajstić information content (AvgIpc) is 2.60. The average molecular weight is 378 g/mol. The second-order valence-electron chi connectivity index (χ2n) is 6.21. The Labute approximate surface area is 158 Å². The number of ether oxygens (including phenoxy) is 2. The number of rotatable bonds is 8. The molecule has 0 fully saturated rings. The van der Waals surface area contributed by atoms with Gasteiger partial charge in [-0.15, -0.1) is 0 Å². The van der Waals surface area contributed by atoms with Crippen LogP contribution in [0.2, 0.25) is 5.02 Å². The van der Waals surface area contributed by atoms with Crippen LogP contribution in [0.4, 0.5) is 0 Å². The second kappa shape index (κ2) is 9.01. The van der Waals surface area contributed by atoms with Crippen LogP contribution in [0.15, 0.2) is 36.5 Å². The lowest BCUT2D eigenvalue weighted by molar-refractivity contribution is -0.163. The van der Waals surface area contributed by atoms with Gasteiger partial charge in [0.2, 0.25) is 0 Å². The zero-order chi connectivity index (χ0) is 19.2. The summed E-state index contributed by atoms with van der Waals surface area (Å²) < 4.78 is 11.0. The fourth-order valence-corrected chi connectivity index (χ4v) is 2.71. The van der Waals surface area contributed by atoms with E-state index in [1.54, 1.807) is 43.5 Å². The smallest absolute Gasteiger partial charge is 0.338 e. The van der Waals surface area contributed by atoms with Crippen molar-refractivity contribution in [3.8, 4) is 11.5 Å². The van der Waals surface area contributed by atoms with Crippen molar-refractivity contribution in [1.29, 1.82) is 0 Å². The number of nitrogens with zero attached hydrogens (tertiary/aromatic N) is 1. The lowest BCUT2D eigenvalue weighted by atomic mass is 9.93. The molecular formula is C20H24ClNO4. The number of pyridine rings is 1. The molecule has 0 saturated heterocycles. The molecule has 26 heavy (non-hydrogen) atoms. The number of hydrogen-bond acceptors (Lipinski definition) is 5. The zero-order valence-electron chi connectivity index (χ0n) is 15.3. The highest BCUT2D eigenvalue weighted by Gasteiger charge is 2.34. The van der Waals surface area contributed by atoms with Crippen LogP contribution in [-0.4, -0.2) is 28.3 Å². The van der Waals surface area contributed by atoms with E-state index in [4.69, 9.17) is 21.1 Å². The minimum absolute atomic E-state index is 0.0535. The van der Waals surface area contributed by atoms with Crippen molar-refractivity contribution in [2.24, 2.45) is 0 Å². The van der Waals surface area contributed by atoms with E-state index in [0.717, 1.165) is 12.1 Å². The first-order valence-electron chi connectivity index (χ1n) is 8.67. The normalized spacial score (nSPS) is 13.1. The van der Waals surface area contributed by atoms with Gasteiger partial charge >= 0.3 is 5.97 Å². The molecule has 1 atom stereocenters.